The van der Waals surface area contributed by atoms with E-state index < -0.39 is 0 Å². The molecule has 3 N–H and O–H groups in total. The van der Waals surface area contributed by atoms with Crippen molar-refractivity contribution in [3.05, 3.63) is 23.9 Å². The van der Waals surface area contributed by atoms with Crippen LogP contribution in [0.15, 0.2) is 18.3 Å². The summed E-state index contributed by atoms with van der Waals surface area (Å²) in [5.41, 5.74) is 3.06. The third-order valence-electron chi connectivity index (χ3n) is 3.38. The maximum absolute atomic E-state index is 12.5. The number of amides is 1. The molecule has 6 heteroatoms. The van der Waals surface area contributed by atoms with Crippen LogP contribution >= 0.6 is 0 Å². The van der Waals surface area contributed by atoms with E-state index in [0.29, 0.717) is 17.9 Å². The number of nitrogen functional groups attached to an aromatic ring is 1. The molecule has 1 aliphatic rings. The summed E-state index contributed by atoms with van der Waals surface area (Å²) in [5.74, 6) is 5.82. The van der Waals surface area contributed by atoms with Gasteiger partial charge in [0.25, 0.3) is 5.91 Å². The summed E-state index contributed by atoms with van der Waals surface area (Å²) in [7, 11) is 0. The zero-order valence-corrected chi connectivity index (χ0v) is 11.8. The lowest BCUT2D eigenvalue weighted by Crippen LogP contribution is -2.43. The molecule has 20 heavy (non-hydrogen) atoms. The summed E-state index contributed by atoms with van der Waals surface area (Å²) < 4.78 is 5.75. The summed E-state index contributed by atoms with van der Waals surface area (Å²) in [6, 6.07) is 3.37. The van der Waals surface area contributed by atoms with Crippen LogP contribution in [0.2, 0.25) is 0 Å². The molecule has 1 aliphatic heterocycles. The quantitative estimate of drug-likeness (QED) is 0.628. The van der Waals surface area contributed by atoms with Crippen molar-refractivity contribution in [2.24, 2.45) is 5.84 Å². The minimum absolute atomic E-state index is 0.00805. The average Bonchev–Trinajstić information content (AvgIpc) is 2.52. The Morgan fingerprint density at radius 3 is 3.25 bits per heavy atom. The number of rotatable bonds is 5. The number of hydrogen-bond acceptors (Lipinski definition) is 5. The fraction of sp³-hybridized carbons (Fsp3) is 0.571. The molecule has 0 spiro atoms. The lowest BCUT2D eigenvalue weighted by molar-refractivity contribution is 0.00211. The van der Waals surface area contributed by atoms with Gasteiger partial charge < -0.3 is 15.1 Å². The van der Waals surface area contributed by atoms with Crippen molar-refractivity contribution in [1.29, 1.82) is 0 Å². The largest absolute Gasteiger partial charge is 0.376 e. The Bertz CT molecular complexity index is 453. The highest BCUT2D eigenvalue weighted by atomic mass is 16.5. The van der Waals surface area contributed by atoms with Gasteiger partial charge in [0.1, 0.15) is 5.82 Å². The summed E-state index contributed by atoms with van der Waals surface area (Å²) in [5, 5.41) is 0. The number of nitrogens with one attached hydrogen (secondary N) is 1. The second-order valence-corrected chi connectivity index (χ2v) is 4.96. The van der Waals surface area contributed by atoms with Gasteiger partial charge in [-0.3, -0.25) is 4.79 Å². The number of likely N-dealkylation sites (tertiary alicyclic amines) is 1. The highest BCUT2D eigenvalue weighted by molar-refractivity contribution is 5.94. The molecule has 110 valence electrons. The molecule has 2 rings (SSSR count). The van der Waals surface area contributed by atoms with Crippen molar-refractivity contribution in [2.45, 2.75) is 32.3 Å². The third kappa shape index (κ3) is 3.68. The Balaban J connectivity index is 2.00. The molecule has 1 unspecified atom stereocenters. The molecule has 6 nitrogen and oxygen atoms in total. The van der Waals surface area contributed by atoms with Crippen molar-refractivity contribution in [3.8, 4) is 0 Å². The summed E-state index contributed by atoms with van der Waals surface area (Å²) in [6.45, 7) is 4.28. The number of piperidine rings is 1. The zero-order valence-electron chi connectivity index (χ0n) is 11.8. The fourth-order valence-corrected chi connectivity index (χ4v) is 2.37. The highest BCUT2D eigenvalue weighted by Crippen LogP contribution is 2.17. The second-order valence-electron chi connectivity index (χ2n) is 4.96. The molecule has 0 radical (unpaired) electrons. The van der Waals surface area contributed by atoms with Crippen LogP contribution in [0.5, 0.6) is 0 Å². The average molecular weight is 278 g/mol. The molecule has 1 amide bonds. The predicted molar refractivity (Wildman–Crippen MR) is 77.2 cm³/mol. The molecule has 1 saturated heterocycles. The van der Waals surface area contributed by atoms with Gasteiger partial charge in [0.2, 0.25) is 0 Å². The van der Waals surface area contributed by atoms with E-state index in [0.717, 1.165) is 32.4 Å². The number of anilines is 1. The number of nitrogens with zero attached hydrogens (tertiary/aromatic N) is 2. The Morgan fingerprint density at radius 2 is 2.50 bits per heavy atom. The normalized spacial score (nSPS) is 18.9. The fourth-order valence-electron chi connectivity index (χ4n) is 2.37. The van der Waals surface area contributed by atoms with E-state index in [1.165, 1.54) is 0 Å². The number of carbonyl (C=O) groups is 1. The molecule has 0 aliphatic carbocycles. The van der Waals surface area contributed by atoms with Crippen molar-refractivity contribution in [3.63, 3.8) is 0 Å². The lowest BCUT2D eigenvalue weighted by atomic mass is 10.1. The van der Waals surface area contributed by atoms with Crippen LogP contribution in [0.3, 0.4) is 0 Å². The Morgan fingerprint density at radius 1 is 1.65 bits per heavy atom. The highest BCUT2D eigenvalue weighted by Gasteiger charge is 2.24. The first-order valence-corrected chi connectivity index (χ1v) is 7.08. The molecule has 1 atom stereocenters. The Hall–Kier alpha value is -1.66. The van der Waals surface area contributed by atoms with Crippen molar-refractivity contribution >= 4 is 11.7 Å². The monoisotopic (exact) mass is 278 g/mol. The number of aromatic nitrogens is 1. The molecule has 0 bridgehead atoms. The van der Waals surface area contributed by atoms with E-state index in [1.807, 2.05) is 4.90 Å². The van der Waals surface area contributed by atoms with Gasteiger partial charge >= 0.3 is 0 Å². The van der Waals surface area contributed by atoms with Crippen LogP contribution in [0.4, 0.5) is 5.82 Å². The van der Waals surface area contributed by atoms with Crippen LogP contribution < -0.4 is 11.3 Å². The Kier molecular flexibility index (Phi) is 5.31. The SMILES string of the molecule is CCCOC1CCCN(C(=O)c2ccnc(NN)c2)C1. The number of hydrazine groups is 1. The van der Waals surface area contributed by atoms with Crippen LogP contribution in [0.25, 0.3) is 0 Å². The first-order chi connectivity index (χ1) is 9.74. The first-order valence-electron chi connectivity index (χ1n) is 7.08. The minimum atomic E-state index is 0.00805. The number of pyridine rings is 1. The number of hydrogen-bond donors (Lipinski definition) is 2. The van der Waals surface area contributed by atoms with E-state index in [2.05, 4.69) is 17.3 Å². The van der Waals surface area contributed by atoms with Gasteiger partial charge in [-0.05, 0) is 31.4 Å². The van der Waals surface area contributed by atoms with E-state index in [9.17, 15) is 4.79 Å². The molecule has 1 aromatic heterocycles. The van der Waals surface area contributed by atoms with Crippen molar-refractivity contribution in [2.75, 3.05) is 25.1 Å². The molecular weight excluding hydrogens is 256 g/mol. The minimum Gasteiger partial charge on any atom is -0.376 e. The molecule has 0 saturated carbocycles. The maximum Gasteiger partial charge on any atom is 0.254 e. The smallest absolute Gasteiger partial charge is 0.254 e. The van der Waals surface area contributed by atoms with E-state index in [4.69, 9.17) is 10.6 Å². The van der Waals surface area contributed by atoms with Gasteiger partial charge in [-0.1, -0.05) is 6.92 Å². The maximum atomic E-state index is 12.5. The number of carbonyl (C=O) groups excluding carboxylic acids is 1. The van der Waals surface area contributed by atoms with E-state index >= 15 is 0 Å². The molecular formula is C14H22N4O2. The standard InChI is InChI=1S/C14H22N4O2/c1-2-8-20-12-4-3-7-18(10-12)14(19)11-5-6-16-13(9-11)17-15/h5-6,9,12H,2-4,7-8,10,15H2,1H3,(H,16,17). The lowest BCUT2D eigenvalue weighted by Gasteiger charge is -2.32. The van der Waals surface area contributed by atoms with Crippen LogP contribution in [-0.2, 0) is 4.74 Å². The molecule has 1 aromatic rings. The molecule has 0 aromatic carbocycles. The second kappa shape index (κ2) is 7.21. The van der Waals surface area contributed by atoms with Gasteiger partial charge in [-0.15, -0.1) is 0 Å². The number of ether oxygens (including phenoxy) is 1. The third-order valence-corrected chi connectivity index (χ3v) is 3.38. The zero-order chi connectivity index (χ0) is 14.4. The number of nitrogens with two attached hydrogens (primary N) is 1. The van der Waals surface area contributed by atoms with Gasteiger partial charge in [-0.25, -0.2) is 10.8 Å². The summed E-state index contributed by atoms with van der Waals surface area (Å²) in [6.07, 6.45) is 4.74. The Labute approximate surface area is 119 Å². The van der Waals surface area contributed by atoms with Crippen LogP contribution in [0, 0.1) is 0 Å². The van der Waals surface area contributed by atoms with E-state index in [1.54, 1.807) is 18.3 Å². The first kappa shape index (κ1) is 14.7. The van der Waals surface area contributed by atoms with Crippen molar-refractivity contribution < 1.29 is 9.53 Å². The van der Waals surface area contributed by atoms with E-state index in [-0.39, 0.29) is 12.0 Å². The van der Waals surface area contributed by atoms with Crippen molar-refractivity contribution in [1.82, 2.24) is 9.88 Å². The topological polar surface area (TPSA) is 80.5 Å². The molecule has 1 fully saturated rings. The summed E-state index contributed by atoms with van der Waals surface area (Å²) in [4.78, 5) is 18.3. The van der Waals surface area contributed by atoms with Crippen LogP contribution in [-0.4, -0.2) is 41.6 Å². The van der Waals surface area contributed by atoms with Gasteiger partial charge in [0.05, 0.1) is 6.10 Å². The summed E-state index contributed by atoms with van der Waals surface area (Å²) >= 11 is 0. The van der Waals surface area contributed by atoms with Crippen LogP contribution in [0.1, 0.15) is 36.5 Å². The predicted octanol–water partition coefficient (Wildman–Crippen LogP) is 1.40. The van der Waals surface area contributed by atoms with Gasteiger partial charge in [-0.2, -0.15) is 0 Å². The van der Waals surface area contributed by atoms with Gasteiger partial charge in [0.15, 0.2) is 0 Å². The van der Waals surface area contributed by atoms with Gasteiger partial charge in [0, 0.05) is 31.5 Å². The molecule has 2 heterocycles.